The molecule has 0 saturated carbocycles. The van der Waals surface area contributed by atoms with Gasteiger partial charge in [-0.05, 0) is 32.1 Å². The second-order valence-electron chi connectivity index (χ2n) is 6.09. The number of rotatable bonds is 3. The predicted octanol–water partition coefficient (Wildman–Crippen LogP) is 4.09. The molecule has 0 amide bonds. The number of hydrogen-bond acceptors (Lipinski definition) is 4. The first-order chi connectivity index (χ1) is 11.7. The van der Waals surface area contributed by atoms with E-state index in [-0.39, 0.29) is 0 Å². The molecule has 0 fully saturated rings. The Morgan fingerprint density at radius 2 is 1.83 bits per heavy atom. The highest BCUT2D eigenvalue weighted by Crippen LogP contribution is 2.22. The summed E-state index contributed by atoms with van der Waals surface area (Å²) in [5.74, 6) is 1.65. The first-order valence-electron chi connectivity index (χ1n) is 8.10. The number of nitrogens with one attached hydrogen (secondary N) is 2. The number of anilines is 1. The molecule has 1 aromatic carbocycles. The number of benzene rings is 1. The fourth-order valence-electron chi connectivity index (χ4n) is 2.80. The molecule has 120 valence electrons. The standard InChI is InChI=1S/C19H19N5/c1-12-3-5-14(6-4-12)18-22-16-7-8-17(23-19(16)24-18)21-15-9-10-20-13(2)11-15/h3-8,11H,9-10H2,1-2H3,(H2,21,22,23,24). The number of imidazole rings is 1. The molecule has 24 heavy (non-hydrogen) atoms. The molecule has 0 bridgehead atoms. The largest absolute Gasteiger partial charge is 0.344 e. The molecule has 3 heterocycles. The molecular weight excluding hydrogens is 298 g/mol. The monoisotopic (exact) mass is 317 g/mol. The van der Waals surface area contributed by atoms with E-state index in [1.165, 1.54) is 5.56 Å². The molecular formula is C19H19N5. The van der Waals surface area contributed by atoms with E-state index in [1.54, 1.807) is 0 Å². The topological polar surface area (TPSA) is 66.0 Å². The van der Waals surface area contributed by atoms with Crippen LogP contribution in [-0.4, -0.2) is 27.2 Å². The summed E-state index contributed by atoms with van der Waals surface area (Å²) < 4.78 is 0. The van der Waals surface area contributed by atoms with Crippen molar-refractivity contribution < 1.29 is 0 Å². The second kappa shape index (κ2) is 5.92. The highest BCUT2D eigenvalue weighted by atomic mass is 15.1. The highest BCUT2D eigenvalue weighted by Gasteiger charge is 2.09. The molecule has 3 aromatic rings. The van der Waals surface area contributed by atoms with Gasteiger partial charge >= 0.3 is 0 Å². The van der Waals surface area contributed by atoms with Crippen molar-refractivity contribution >= 4 is 22.7 Å². The second-order valence-corrected chi connectivity index (χ2v) is 6.09. The lowest BCUT2D eigenvalue weighted by Crippen LogP contribution is -2.09. The fourth-order valence-corrected chi connectivity index (χ4v) is 2.80. The molecule has 0 saturated heterocycles. The first kappa shape index (κ1) is 14.6. The number of aryl methyl sites for hydroxylation is 1. The number of aliphatic imine (C=N–C) groups is 1. The van der Waals surface area contributed by atoms with Crippen molar-refractivity contribution in [2.24, 2.45) is 4.99 Å². The third kappa shape index (κ3) is 2.93. The van der Waals surface area contributed by atoms with Crippen LogP contribution in [0.4, 0.5) is 5.82 Å². The molecule has 2 N–H and O–H groups in total. The van der Waals surface area contributed by atoms with Crippen LogP contribution < -0.4 is 5.32 Å². The first-order valence-corrected chi connectivity index (χ1v) is 8.10. The van der Waals surface area contributed by atoms with Crippen LogP contribution in [0.1, 0.15) is 18.9 Å². The van der Waals surface area contributed by atoms with Crippen LogP contribution in [0.5, 0.6) is 0 Å². The molecule has 2 aromatic heterocycles. The molecule has 1 aliphatic rings. The summed E-state index contributed by atoms with van der Waals surface area (Å²) in [6.45, 7) is 4.92. The van der Waals surface area contributed by atoms with Crippen molar-refractivity contribution in [2.45, 2.75) is 20.3 Å². The van der Waals surface area contributed by atoms with Gasteiger partial charge in [-0.25, -0.2) is 9.97 Å². The van der Waals surface area contributed by atoms with E-state index in [9.17, 15) is 0 Å². The van der Waals surface area contributed by atoms with Gasteiger partial charge in [0.15, 0.2) is 5.65 Å². The van der Waals surface area contributed by atoms with E-state index >= 15 is 0 Å². The number of hydrogen-bond donors (Lipinski definition) is 2. The zero-order chi connectivity index (χ0) is 16.5. The Bertz CT molecular complexity index is 948. The molecule has 0 spiro atoms. The quantitative estimate of drug-likeness (QED) is 0.764. The Labute approximate surface area is 140 Å². The van der Waals surface area contributed by atoms with Gasteiger partial charge in [-0.2, -0.15) is 0 Å². The minimum Gasteiger partial charge on any atom is -0.344 e. The Hall–Kier alpha value is -2.95. The number of H-pyrrole nitrogens is 1. The summed E-state index contributed by atoms with van der Waals surface area (Å²) in [5.41, 5.74) is 6.15. The molecule has 5 heteroatoms. The Morgan fingerprint density at radius 3 is 2.62 bits per heavy atom. The van der Waals surface area contributed by atoms with E-state index in [0.29, 0.717) is 0 Å². The van der Waals surface area contributed by atoms with Crippen molar-refractivity contribution in [3.8, 4) is 11.4 Å². The van der Waals surface area contributed by atoms with Crippen molar-refractivity contribution in [1.82, 2.24) is 15.0 Å². The maximum Gasteiger partial charge on any atom is 0.180 e. The van der Waals surface area contributed by atoms with Crippen LogP contribution in [0, 0.1) is 6.92 Å². The number of pyridine rings is 1. The van der Waals surface area contributed by atoms with Gasteiger partial charge in [-0.1, -0.05) is 29.8 Å². The van der Waals surface area contributed by atoms with E-state index < -0.39 is 0 Å². The zero-order valence-corrected chi connectivity index (χ0v) is 13.8. The Kier molecular flexibility index (Phi) is 3.61. The van der Waals surface area contributed by atoms with E-state index in [0.717, 1.165) is 52.7 Å². The van der Waals surface area contributed by atoms with Crippen LogP contribution in [0.3, 0.4) is 0 Å². The third-order valence-corrected chi connectivity index (χ3v) is 4.08. The molecule has 0 unspecified atom stereocenters. The predicted molar refractivity (Wildman–Crippen MR) is 98.4 cm³/mol. The van der Waals surface area contributed by atoms with E-state index in [1.807, 2.05) is 19.1 Å². The number of aromatic nitrogens is 3. The lowest BCUT2D eigenvalue weighted by Gasteiger charge is -2.13. The average molecular weight is 317 g/mol. The highest BCUT2D eigenvalue weighted by molar-refractivity contribution is 5.94. The van der Waals surface area contributed by atoms with E-state index in [4.69, 9.17) is 0 Å². The minimum atomic E-state index is 0.720. The molecule has 0 atom stereocenters. The fraction of sp³-hybridized carbons (Fsp3) is 0.211. The van der Waals surface area contributed by atoms with Crippen molar-refractivity contribution in [2.75, 3.05) is 11.9 Å². The Morgan fingerprint density at radius 1 is 1.00 bits per heavy atom. The van der Waals surface area contributed by atoms with Crippen molar-refractivity contribution in [3.05, 3.63) is 53.7 Å². The maximum atomic E-state index is 4.63. The van der Waals surface area contributed by atoms with Crippen molar-refractivity contribution in [1.29, 1.82) is 0 Å². The maximum absolute atomic E-state index is 4.63. The van der Waals surface area contributed by atoms with Gasteiger partial charge in [0, 0.05) is 29.9 Å². The number of fused-ring (bicyclic) bond motifs is 1. The van der Waals surface area contributed by atoms with Crippen LogP contribution in [-0.2, 0) is 0 Å². The molecule has 5 nitrogen and oxygen atoms in total. The Balaban J connectivity index is 1.64. The van der Waals surface area contributed by atoms with Crippen LogP contribution in [0.2, 0.25) is 0 Å². The van der Waals surface area contributed by atoms with Gasteiger partial charge in [0.25, 0.3) is 0 Å². The summed E-state index contributed by atoms with van der Waals surface area (Å²) >= 11 is 0. The molecule has 0 radical (unpaired) electrons. The number of nitrogens with zero attached hydrogens (tertiary/aromatic N) is 3. The summed E-state index contributed by atoms with van der Waals surface area (Å²) in [4.78, 5) is 17.0. The third-order valence-electron chi connectivity index (χ3n) is 4.08. The van der Waals surface area contributed by atoms with Gasteiger partial charge in [0.05, 0.1) is 5.52 Å². The normalized spacial score (nSPS) is 14.4. The minimum absolute atomic E-state index is 0.720. The van der Waals surface area contributed by atoms with E-state index in [2.05, 4.69) is 62.5 Å². The summed E-state index contributed by atoms with van der Waals surface area (Å²) in [6, 6.07) is 12.3. The SMILES string of the molecule is CC1=NCCC(Nc2ccc3[nH]c(-c4ccc(C)cc4)nc3n2)=C1. The lowest BCUT2D eigenvalue weighted by atomic mass is 10.1. The van der Waals surface area contributed by atoms with Gasteiger partial charge in [0.1, 0.15) is 11.6 Å². The smallest absolute Gasteiger partial charge is 0.180 e. The van der Waals surface area contributed by atoms with Crippen LogP contribution >= 0.6 is 0 Å². The summed E-state index contributed by atoms with van der Waals surface area (Å²) in [6.07, 6.45) is 2.98. The zero-order valence-electron chi connectivity index (χ0n) is 13.8. The average Bonchev–Trinajstić information content (AvgIpc) is 2.99. The number of aromatic amines is 1. The summed E-state index contributed by atoms with van der Waals surface area (Å²) in [5, 5.41) is 3.38. The molecule has 1 aliphatic heterocycles. The van der Waals surface area contributed by atoms with Gasteiger partial charge in [-0.3, -0.25) is 4.99 Å². The lowest BCUT2D eigenvalue weighted by molar-refractivity contribution is 0.935. The van der Waals surface area contributed by atoms with Gasteiger partial charge in [0.2, 0.25) is 0 Å². The van der Waals surface area contributed by atoms with Crippen LogP contribution in [0.15, 0.2) is 53.2 Å². The molecule has 4 rings (SSSR count). The van der Waals surface area contributed by atoms with Crippen LogP contribution in [0.25, 0.3) is 22.6 Å². The van der Waals surface area contributed by atoms with Gasteiger partial charge < -0.3 is 10.3 Å². The van der Waals surface area contributed by atoms with Crippen molar-refractivity contribution in [3.63, 3.8) is 0 Å². The molecule has 0 aliphatic carbocycles. The summed E-state index contributed by atoms with van der Waals surface area (Å²) in [7, 11) is 0. The van der Waals surface area contributed by atoms with Gasteiger partial charge in [-0.15, -0.1) is 0 Å². The number of allylic oxidation sites excluding steroid dienone is 1. The number of dihydropyridines is 1.